The number of nitrogen functional groups attached to an aromatic ring is 1. The van der Waals surface area contributed by atoms with E-state index in [4.69, 9.17) is 5.73 Å². The van der Waals surface area contributed by atoms with Crippen molar-refractivity contribution >= 4 is 32.9 Å². The fraction of sp³-hybridized carbons (Fsp3) is 0.421. The molecule has 2 aromatic rings. The van der Waals surface area contributed by atoms with Crippen LogP contribution in [0.4, 0.5) is 17.2 Å². The van der Waals surface area contributed by atoms with E-state index in [1.165, 1.54) is 21.6 Å². The molecule has 1 amide bonds. The Kier molecular flexibility index (Phi) is 7.43. The molecule has 0 fully saturated rings. The Morgan fingerprint density at radius 1 is 1.23 bits per heavy atom. The van der Waals surface area contributed by atoms with E-state index in [-0.39, 0.29) is 35.2 Å². The van der Waals surface area contributed by atoms with Gasteiger partial charge in [0.2, 0.25) is 5.91 Å². The molecule has 10 nitrogen and oxygen atoms in total. The van der Waals surface area contributed by atoms with Gasteiger partial charge in [0.25, 0.3) is 5.56 Å². The van der Waals surface area contributed by atoms with E-state index in [0.29, 0.717) is 13.0 Å². The smallest absolute Gasteiger partial charge is 0.330 e. The van der Waals surface area contributed by atoms with Gasteiger partial charge in [0, 0.05) is 19.3 Å². The Morgan fingerprint density at radius 2 is 1.90 bits per heavy atom. The summed E-state index contributed by atoms with van der Waals surface area (Å²) in [6, 6.07) is 6.05. The number of aromatic nitrogens is 2. The number of nitrogens with two attached hydrogens (primary N) is 1. The van der Waals surface area contributed by atoms with Crippen LogP contribution in [0.25, 0.3) is 0 Å². The van der Waals surface area contributed by atoms with Crippen molar-refractivity contribution in [3.8, 4) is 0 Å². The van der Waals surface area contributed by atoms with Crippen molar-refractivity contribution in [3.63, 3.8) is 0 Å². The van der Waals surface area contributed by atoms with Crippen molar-refractivity contribution in [1.82, 2.24) is 9.55 Å². The zero-order valence-electron chi connectivity index (χ0n) is 17.3. The van der Waals surface area contributed by atoms with Gasteiger partial charge in [0.15, 0.2) is 9.84 Å². The molecule has 0 aliphatic heterocycles. The summed E-state index contributed by atoms with van der Waals surface area (Å²) >= 11 is 0. The average Bonchev–Trinajstić information content (AvgIpc) is 2.66. The average molecular weight is 438 g/mol. The molecule has 0 spiro atoms. The molecule has 0 saturated carbocycles. The Balaban J connectivity index is 2.34. The van der Waals surface area contributed by atoms with Crippen LogP contribution in [0.1, 0.15) is 26.7 Å². The minimum atomic E-state index is -3.54. The lowest BCUT2D eigenvalue weighted by molar-refractivity contribution is -0.115. The van der Waals surface area contributed by atoms with Crippen LogP contribution < -0.4 is 27.2 Å². The number of sulfone groups is 1. The number of H-pyrrole nitrogens is 1. The number of para-hydroxylation sites is 1. The van der Waals surface area contributed by atoms with Crippen LogP contribution in [0, 0.1) is 0 Å². The third-order valence-electron chi connectivity index (χ3n) is 4.54. The van der Waals surface area contributed by atoms with Gasteiger partial charge < -0.3 is 16.0 Å². The fourth-order valence-electron chi connectivity index (χ4n) is 3.03. The first-order chi connectivity index (χ1) is 14.1. The fourth-order valence-corrected chi connectivity index (χ4v) is 3.87. The predicted molar refractivity (Wildman–Crippen MR) is 117 cm³/mol. The first-order valence-electron chi connectivity index (χ1n) is 9.56. The number of likely N-dealkylation sites (N-methyl/N-ethyl adjacent to an activating group) is 1. The van der Waals surface area contributed by atoms with Crippen molar-refractivity contribution in [1.29, 1.82) is 0 Å². The van der Waals surface area contributed by atoms with Gasteiger partial charge in [0.1, 0.15) is 11.5 Å². The number of rotatable bonds is 9. The zero-order valence-corrected chi connectivity index (χ0v) is 18.1. The molecule has 1 aromatic heterocycles. The number of anilines is 3. The van der Waals surface area contributed by atoms with Crippen molar-refractivity contribution < 1.29 is 13.2 Å². The molecule has 0 unspecified atom stereocenters. The van der Waals surface area contributed by atoms with Crippen LogP contribution in [-0.4, -0.2) is 43.2 Å². The second-order valence-corrected chi connectivity index (χ2v) is 8.81. The molecule has 0 radical (unpaired) electrons. The van der Waals surface area contributed by atoms with Crippen LogP contribution in [-0.2, 0) is 21.2 Å². The maximum atomic E-state index is 12.6. The summed E-state index contributed by atoms with van der Waals surface area (Å²) < 4.78 is 25.1. The summed E-state index contributed by atoms with van der Waals surface area (Å²) in [6.07, 6.45) is 2.58. The van der Waals surface area contributed by atoms with Gasteiger partial charge >= 0.3 is 5.69 Å². The molecule has 2 rings (SSSR count). The summed E-state index contributed by atoms with van der Waals surface area (Å²) in [6.45, 7) is 4.05. The number of nitrogens with one attached hydrogen (secondary N) is 2. The lowest BCUT2D eigenvalue weighted by atomic mass is 10.3. The Hall–Kier alpha value is -3.08. The summed E-state index contributed by atoms with van der Waals surface area (Å²) in [4.78, 5) is 40.8. The van der Waals surface area contributed by atoms with Gasteiger partial charge in [-0.1, -0.05) is 25.5 Å². The number of aromatic amines is 1. The molecule has 11 heteroatoms. The number of nitrogens with zero attached hydrogens (tertiary/aromatic N) is 2. The Morgan fingerprint density at radius 3 is 2.50 bits per heavy atom. The maximum Gasteiger partial charge on any atom is 0.330 e. The number of carbonyl (C=O) groups excluding carboxylic acids is 1. The van der Waals surface area contributed by atoms with E-state index in [9.17, 15) is 22.8 Å². The number of benzene rings is 1. The molecule has 0 bridgehead atoms. The van der Waals surface area contributed by atoms with Crippen LogP contribution in [0.3, 0.4) is 0 Å². The lowest BCUT2D eigenvalue weighted by Gasteiger charge is -2.24. The second kappa shape index (κ2) is 9.61. The molecule has 1 heterocycles. The highest BCUT2D eigenvalue weighted by Gasteiger charge is 2.21. The molecule has 4 N–H and O–H groups in total. The van der Waals surface area contributed by atoms with Gasteiger partial charge in [-0.25, -0.2) is 13.2 Å². The summed E-state index contributed by atoms with van der Waals surface area (Å²) in [5.41, 5.74) is 4.99. The number of hydrogen-bond acceptors (Lipinski definition) is 7. The topological polar surface area (TPSA) is 147 Å². The molecule has 1 aromatic carbocycles. The molecule has 0 aliphatic rings. The molecular formula is C19H27N5O5S. The quantitative estimate of drug-likeness (QED) is 0.525. The van der Waals surface area contributed by atoms with Gasteiger partial charge in [-0.05, 0) is 25.5 Å². The maximum absolute atomic E-state index is 12.6. The van der Waals surface area contributed by atoms with Gasteiger partial charge in [-0.2, -0.15) is 0 Å². The van der Waals surface area contributed by atoms with E-state index in [2.05, 4.69) is 10.3 Å². The minimum Gasteiger partial charge on any atom is -0.383 e. The van der Waals surface area contributed by atoms with E-state index in [0.717, 1.165) is 12.7 Å². The largest absolute Gasteiger partial charge is 0.383 e. The SMILES string of the molecule is CCCCn1c(N)c(N(CC)CC(=O)Nc2ccccc2S(C)(=O)=O)c(=O)[nH]c1=O. The van der Waals surface area contributed by atoms with Crippen LogP contribution >= 0.6 is 0 Å². The van der Waals surface area contributed by atoms with E-state index >= 15 is 0 Å². The number of carbonyl (C=O) groups is 1. The van der Waals surface area contributed by atoms with Crippen LogP contribution in [0.15, 0.2) is 38.8 Å². The third-order valence-corrected chi connectivity index (χ3v) is 5.70. The Labute approximate surface area is 174 Å². The van der Waals surface area contributed by atoms with E-state index < -0.39 is 27.0 Å². The first kappa shape index (κ1) is 23.2. The molecule has 164 valence electrons. The first-order valence-corrected chi connectivity index (χ1v) is 11.5. The standard InChI is InChI=1S/C19H27N5O5S/c1-4-6-11-24-17(20)16(18(26)22-19(24)27)23(5-2)12-15(25)21-13-9-7-8-10-14(13)30(3,28)29/h7-10H,4-6,11-12,20H2,1-3H3,(H,21,25)(H,22,26,27). The van der Waals surface area contributed by atoms with Crippen LogP contribution in [0.5, 0.6) is 0 Å². The summed E-state index contributed by atoms with van der Waals surface area (Å²) in [7, 11) is -3.54. The number of amides is 1. The molecule has 0 saturated heterocycles. The Bertz CT molecular complexity index is 1140. The summed E-state index contributed by atoms with van der Waals surface area (Å²) in [5, 5.41) is 2.57. The van der Waals surface area contributed by atoms with E-state index in [1.54, 1.807) is 19.1 Å². The summed E-state index contributed by atoms with van der Waals surface area (Å²) in [5.74, 6) is -0.540. The van der Waals surface area contributed by atoms with Crippen molar-refractivity contribution in [2.75, 3.05) is 35.3 Å². The third kappa shape index (κ3) is 5.29. The van der Waals surface area contributed by atoms with Gasteiger partial charge in [0.05, 0.1) is 17.1 Å². The van der Waals surface area contributed by atoms with Crippen molar-refractivity contribution in [2.24, 2.45) is 0 Å². The monoisotopic (exact) mass is 437 g/mol. The van der Waals surface area contributed by atoms with Crippen molar-refractivity contribution in [2.45, 2.75) is 38.1 Å². The predicted octanol–water partition coefficient (Wildman–Crippen LogP) is 0.787. The molecule has 30 heavy (non-hydrogen) atoms. The molecular weight excluding hydrogens is 410 g/mol. The molecule has 0 aliphatic carbocycles. The zero-order chi connectivity index (χ0) is 22.5. The minimum absolute atomic E-state index is 0.00752. The lowest BCUT2D eigenvalue weighted by Crippen LogP contribution is -2.41. The van der Waals surface area contributed by atoms with E-state index in [1.807, 2.05) is 6.92 Å². The molecule has 0 atom stereocenters. The number of unbranched alkanes of at least 4 members (excludes halogenated alkanes) is 1. The van der Waals surface area contributed by atoms with Crippen LogP contribution in [0.2, 0.25) is 0 Å². The normalized spacial score (nSPS) is 11.3. The van der Waals surface area contributed by atoms with Crippen molar-refractivity contribution in [3.05, 3.63) is 45.1 Å². The highest BCUT2D eigenvalue weighted by atomic mass is 32.2. The van der Waals surface area contributed by atoms with Gasteiger partial charge in [-0.15, -0.1) is 0 Å². The highest BCUT2D eigenvalue weighted by molar-refractivity contribution is 7.90. The highest BCUT2D eigenvalue weighted by Crippen LogP contribution is 2.21. The number of hydrogen-bond donors (Lipinski definition) is 3. The second-order valence-electron chi connectivity index (χ2n) is 6.83. The van der Waals surface area contributed by atoms with Gasteiger partial charge in [-0.3, -0.25) is 19.1 Å².